The quantitative estimate of drug-likeness (QED) is 0.811. The number of ketones is 1. The lowest BCUT2D eigenvalue weighted by molar-refractivity contribution is -0.154. The third-order valence-corrected chi connectivity index (χ3v) is 5.43. The number of hydrogen-bond donors (Lipinski definition) is 1. The summed E-state index contributed by atoms with van der Waals surface area (Å²) in [6.07, 6.45) is 0.262. The average molecular weight is 325 g/mol. The molecule has 2 rings (SSSR count). The van der Waals surface area contributed by atoms with Crippen LogP contribution in [0.15, 0.2) is 0 Å². The van der Waals surface area contributed by atoms with E-state index < -0.39 is 16.2 Å². The van der Waals surface area contributed by atoms with Crippen LogP contribution in [-0.4, -0.2) is 39.3 Å². The summed E-state index contributed by atoms with van der Waals surface area (Å²) in [7, 11) is 0. The third kappa shape index (κ3) is 3.00. The second-order valence-electron chi connectivity index (χ2n) is 6.56. The van der Waals surface area contributed by atoms with E-state index in [0.717, 1.165) is 0 Å². The van der Waals surface area contributed by atoms with E-state index in [1.807, 2.05) is 20.8 Å². The molecule has 4 nitrogen and oxygen atoms in total. The number of ether oxygens (including phenoxy) is 2. The highest BCUT2D eigenvalue weighted by molar-refractivity contribution is 6.45. The molecule has 0 aromatic carbocycles. The lowest BCUT2D eigenvalue weighted by Crippen LogP contribution is -2.51. The number of hydrogen-bond acceptors (Lipinski definition) is 4. The number of halogens is 2. The first-order valence-electron chi connectivity index (χ1n) is 6.92. The molecule has 5 unspecified atom stereocenters. The van der Waals surface area contributed by atoms with Gasteiger partial charge in [0.15, 0.2) is 5.79 Å². The molecule has 1 aliphatic carbocycles. The number of carbonyl (C=O) groups excluding carboxylic acids is 1. The van der Waals surface area contributed by atoms with Crippen LogP contribution in [0.25, 0.3) is 0 Å². The van der Waals surface area contributed by atoms with Crippen LogP contribution in [0.4, 0.5) is 0 Å². The number of aliphatic hydroxyl groups is 1. The first kappa shape index (κ1) is 16.5. The van der Waals surface area contributed by atoms with E-state index in [4.69, 9.17) is 32.7 Å². The number of carbonyl (C=O) groups is 1. The van der Waals surface area contributed by atoms with Crippen molar-refractivity contribution in [3.8, 4) is 0 Å². The maximum absolute atomic E-state index is 11.9. The van der Waals surface area contributed by atoms with Gasteiger partial charge < -0.3 is 14.6 Å². The van der Waals surface area contributed by atoms with Crippen LogP contribution < -0.4 is 0 Å². The van der Waals surface area contributed by atoms with Gasteiger partial charge >= 0.3 is 0 Å². The SMILES string of the molecule is CC(C1CC(=O)CC2OC(C)(C)OC21)C(C)(O)C(Cl)Cl. The molecule has 20 heavy (non-hydrogen) atoms. The van der Waals surface area contributed by atoms with Gasteiger partial charge in [-0.15, -0.1) is 23.2 Å². The van der Waals surface area contributed by atoms with Crippen LogP contribution in [0.5, 0.6) is 0 Å². The Bertz CT molecular complexity index is 393. The molecule has 5 atom stereocenters. The first-order chi connectivity index (χ1) is 9.04. The molecule has 0 aromatic rings. The molecule has 0 bridgehead atoms. The maximum Gasteiger partial charge on any atom is 0.163 e. The Hall–Kier alpha value is 0.130. The van der Waals surface area contributed by atoms with Crippen LogP contribution in [0.2, 0.25) is 0 Å². The molecule has 6 heteroatoms. The van der Waals surface area contributed by atoms with Crippen molar-refractivity contribution in [2.75, 3.05) is 0 Å². The Kier molecular flexibility index (Phi) is 4.45. The number of fused-ring (bicyclic) bond motifs is 1. The van der Waals surface area contributed by atoms with Crippen molar-refractivity contribution < 1.29 is 19.4 Å². The second-order valence-corrected chi connectivity index (χ2v) is 7.66. The van der Waals surface area contributed by atoms with Crippen LogP contribution in [0.1, 0.15) is 40.5 Å². The number of rotatable bonds is 3. The van der Waals surface area contributed by atoms with Gasteiger partial charge in [-0.05, 0) is 26.7 Å². The van der Waals surface area contributed by atoms with E-state index in [0.29, 0.717) is 12.8 Å². The smallest absolute Gasteiger partial charge is 0.163 e. The molecule has 2 fully saturated rings. The fraction of sp³-hybridized carbons (Fsp3) is 0.929. The monoisotopic (exact) mass is 324 g/mol. The van der Waals surface area contributed by atoms with Gasteiger partial charge in [0.05, 0.1) is 17.8 Å². The van der Waals surface area contributed by atoms with Crippen LogP contribution in [0.3, 0.4) is 0 Å². The Morgan fingerprint density at radius 3 is 2.50 bits per heavy atom. The summed E-state index contributed by atoms with van der Waals surface area (Å²) >= 11 is 11.8. The fourth-order valence-electron chi connectivity index (χ4n) is 3.16. The van der Waals surface area contributed by atoms with E-state index in [9.17, 15) is 9.90 Å². The molecular weight excluding hydrogens is 303 g/mol. The number of Topliss-reactive ketones (excluding diaryl/α,β-unsaturated/α-hetero) is 1. The molecule has 1 saturated heterocycles. The molecule has 0 amide bonds. The van der Waals surface area contributed by atoms with Gasteiger partial charge in [-0.2, -0.15) is 0 Å². The van der Waals surface area contributed by atoms with Gasteiger partial charge in [0.2, 0.25) is 0 Å². The molecule has 116 valence electrons. The summed E-state index contributed by atoms with van der Waals surface area (Å²) in [4.78, 5) is 11.0. The molecular formula is C14H22Cl2O4. The second kappa shape index (κ2) is 5.40. The van der Waals surface area contributed by atoms with Crippen LogP contribution in [0, 0.1) is 11.8 Å². The van der Waals surface area contributed by atoms with Gasteiger partial charge in [0, 0.05) is 18.8 Å². The highest BCUT2D eigenvalue weighted by atomic mass is 35.5. The molecule has 0 radical (unpaired) electrons. The average Bonchev–Trinajstić information content (AvgIpc) is 2.60. The molecule has 0 spiro atoms. The van der Waals surface area contributed by atoms with Gasteiger partial charge in [0.25, 0.3) is 0 Å². The van der Waals surface area contributed by atoms with Crippen LogP contribution in [-0.2, 0) is 14.3 Å². The summed E-state index contributed by atoms with van der Waals surface area (Å²) in [6, 6.07) is 0. The van der Waals surface area contributed by atoms with Crippen molar-refractivity contribution in [3.05, 3.63) is 0 Å². The summed E-state index contributed by atoms with van der Waals surface area (Å²) in [5.41, 5.74) is -1.29. The van der Waals surface area contributed by atoms with E-state index in [1.165, 1.54) is 0 Å². The Morgan fingerprint density at radius 1 is 1.35 bits per heavy atom. The molecule has 0 aromatic heterocycles. The van der Waals surface area contributed by atoms with E-state index in [2.05, 4.69) is 0 Å². The van der Waals surface area contributed by atoms with Gasteiger partial charge in [-0.3, -0.25) is 4.79 Å². The lowest BCUT2D eigenvalue weighted by atomic mass is 9.71. The predicted molar refractivity (Wildman–Crippen MR) is 76.8 cm³/mol. The molecule has 1 heterocycles. The minimum absolute atomic E-state index is 0.126. The highest BCUT2D eigenvalue weighted by Crippen LogP contribution is 2.45. The van der Waals surface area contributed by atoms with Crippen molar-refractivity contribution in [3.63, 3.8) is 0 Å². The van der Waals surface area contributed by atoms with E-state index >= 15 is 0 Å². The van der Waals surface area contributed by atoms with Gasteiger partial charge in [0.1, 0.15) is 10.6 Å². The Morgan fingerprint density at radius 2 is 1.95 bits per heavy atom. The van der Waals surface area contributed by atoms with Crippen molar-refractivity contribution in [1.82, 2.24) is 0 Å². The predicted octanol–water partition coefficient (Wildman–Crippen LogP) is 2.68. The van der Waals surface area contributed by atoms with Crippen molar-refractivity contribution in [2.45, 2.75) is 69.0 Å². The fourth-order valence-corrected chi connectivity index (χ4v) is 3.56. The molecule has 2 aliphatic rings. The van der Waals surface area contributed by atoms with Crippen LogP contribution >= 0.6 is 23.2 Å². The molecule has 1 saturated carbocycles. The zero-order valence-corrected chi connectivity index (χ0v) is 13.7. The molecule has 1 aliphatic heterocycles. The van der Waals surface area contributed by atoms with Crippen molar-refractivity contribution in [1.29, 1.82) is 0 Å². The lowest BCUT2D eigenvalue weighted by Gasteiger charge is -2.41. The van der Waals surface area contributed by atoms with E-state index in [-0.39, 0.29) is 29.8 Å². The van der Waals surface area contributed by atoms with Gasteiger partial charge in [-0.25, -0.2) is 0 Å². The summed E-state index contributed by atoms with van der Waals surface area (Å²) < 4.78 is 11.7. The maximum atomic E-state index is 11.9. The summed E-state index contributed by atoms with van der Waals surface area (Å²) in [5.74, 6) is -1.01. The normalized spacial score (nSPS) is 37.6. The third-order valence-electron chi connectivity index (χ3n) is 4.54. The Balaban J connectivity index is 2.23. The van der Waals surface area contributed by atoms with Crippen molar-refractivity contribution in [2.24, 2.45) is 11.8 Å². The topological polar surface area (TPSA) is 55.8 Å². The largest absolute Gasteiger partial charge is 0.387 e. The van der Waals surface area contributed by atoms with Gasteiger partial charge in [-0.1, -0.05) is 6.92 Å². The first-order valence-corrected chi connectivity index (χ1v) is 7.79. The standard InChI is InChI=1S/C14H22Cl2O4/c1-7(14(4,18)12(15)16)9-5-8(17)6-10-11(9)20-13(2,3)19-10/h7,9-12,18H,5-6H2,1-4H3. The van der Waals surface area contributed by atoms with E-state index in [1.54, 1.807) is 6.92 Å². The minimum atomic E-state index is -1.29. The minimum Gasteiger partial charge on any atom is -0.387 e. The summed E-state index contributed by atoms with van der Waals surface area (Å²) in [5, 5.41) is 10.5. The highest BCUT2D eigenvalue weighted by Gasteiger charge is 2.53. The number of alkyl halides is 2. The summed E-state index contributed by atoms with van der Waals surface area (Å²) in [6.45, 7) is 7.12. The van der Waals surface area contributed by atoms with Crippen molar-refractivity contribution >= 4 is 29.0 Å². The zero-order chi connectivity index (χ0) is 15.3. The molecule has 1 N–H and O–H groups in total. The zero-order valence-electron chi connectivity index (χ0n) is 12.2. The Labute approximate surface area is 129 Å².